The Morgan fingerprint density at radius 2 is 2.11 bits per heavy atom. The Balaban J connectivity index is 1.85. The van der Waals surface area contributed by atoms with Crippen molar-refractivity contribution in [1.82, 2.24) is 9.78 Å². The molecule has 0 bridgehead atoms. The number of halogens is 1. The van der Waals surface area contributed by atoms with Gasteiger partial charge in [-0.05, 0) is 44.2 Å². The standard InChI is InChI=1S/C21H27FN2O3/c1-4-6-12-26-14-16-8-7-9-17(13-16)21(10-11-21)24-15(3)18(22)19(23-24)20(25)27-5-2/h7-9,13H,4-6,10-12,14H2,1-3H3. The number of ether oxygens (including phenoxy) is 2. The van der Waals surface area contributed by atoms with E-state index in [1.165, 1.54) is 0 Å². The lowest BCUT2D eigenvalue weighted by Gasteiger charge is -2.19. The maximum Gasteiger partial charge on any atom is 0.361 e. The zero-order valence-corrected chi connectivity index (χ0v) is 16.3. The third kappa shape index (κ3) is 3.90. The van der Waals surface area contributed by atoms with Gasteiger partial charge in [-0.15, -0.1) is 0 Å². The molecule has 1 aliphatic carbocycles. The van der Waals surface area contributed by atoms with Crippen molar-refractivity contribution < 1.29 is 18.7 Å². The number of unbranched alkanes of at least 4 members (excludes halogenated alkanes) is 1. The second-order valence-electron chi connectivity index (χ2n) is 7.02. The van der Waals surface area contributed by atoms with Gasteiger partial charge in [0.2, 0.25) is 5.69 Å². The molecule has 0 unspecified atom stereocenters. The minimum atomic E-state index is -0.717. The summed E-state index contributed by atoms with van der Waals surface area (Å²) in [6.45, 7) is 6.98. The molecular weight excluding hydrogens is 347 g/mol. The van der Waals surface area contributed by atoms with Gasteiger partial charge in [-0.25, -0.2) is 9.18 Å². The average molecular weight is 374 g/mol. The Labute approximate surface area is 159 Å². The summed E-state index contributed by atoms with van der Waals surface area (Å²) in [5, 5.41) is 4.29. The van der Waals surface area contributed by atoms with E-state index in [0.29, 0.717) is 12.3 Å². The summed E-state index contributed by atoms with van der Waals surface area (Å²) in [6, 6.07) is 8.16. The van der Waals surface area contributed by atoms with Gasteiger partial charge >= 0.3 is 5.97 Å². The van der Waals surface area contributed by atoms with E-state index in [9.17, 15) is 9.18 Å². The van der Waals surface area contributed by atoms with Crippen LogP contribution < -0.4 is 0 Å². The predicted octanol–water partition coefficient (Wildman–Crippen LogP) is 4.36. The highest BCUT2D eigenvalue weighted by atomic mass is 19.1. The van der Waals surface area contributed by atoms with Crippen LogP contribution in [0, 0.1) is 12.7 Å². The first kappa shape index (κ1) is 19.5. The summed E-state index contributed by atoms with van der Waals surface area (Å²) in [5.74, 6) is -1.32. The molecule has 0 N–H and O–H groups in total. The van der Waals surface area contributed by atoms with E-state index in [2.05, 4.69) is 18.1 Å². The Morgan fingerprint density at radius 1 is 1.33 bits per heavy atom. The van der Waals surface area contributed by atoms with E-state index in [-0.39, 0.29) is 12.3 Å². The number of esters is 1. The Kier molecular flexibility index (Phi) is 5.95. The van der Waals surface area contributed by atoms with Gasteiger partial charge in [-0.3, -0.25) is 4.68 Å². The molecule has 0 radical (unpaired) electrons. The third-order valence-corrected chi connectivity index (χ3v) is 5.02. The zero-order valence-electron chi connectivity index (χ0n) is 16.3. The SMILES string of the molecule is CCCCOCc1cccc(C2(n3nc(C(=O)OCC)c(F)c3C)CC2)c1. The Morgan fingerprint density at radius 3 is 2.78 bits per heavy atom. The van der Waals surface area contributed by atoms with E-state index in [1.54, 1.807) is 18.5 Å². The summed E-state index contributed by atoms with van der Waals surface area (Å²) in [6.07, 6.45) is 3.87. The highest BCUT2D eigenvalue weighted by Crippen LogP contribution is 2.50. The number of aromatic nitrogens is 2. The van der Waals surface area contributed by atoms with Gasteiger partial charge in [-0.1, -0.05) is 37.6 Å². The molecule has 3 rings (SSSR count). The fraction of sp³-hybridized carbons (Fsp3) is 0.524. The van der Waals surface area contributed by atoms with Crippen LogP contribution in [0.15, 0.2) is 24.3 Å². The number of hydrogen-bond donors (Lipinski definition) is 0. The maximum atomic E-state index is 14.6. The van der Waals surface area contributed by atoms with Gasteiger partial charge in [0.1, 0.15) is 0 Å². The number of benzene rings is 1. The highest BCUT2D eigenvalue weighted by Gasteiger charge is 2.49. The smallest absolute Gasteiger partial charge is 0.361 e. The van der Waals surface area contributed by atoms with Gasteiger partial charge in [0.05, 0.1) is 24.4 Å². The first-order valence-electron chi connectivity index (χ1n) is 9.63. The minimum Gasteiger partial charge on any atom is -0.461 e. The molecule has 1 aromatic carbocycles. The van der Waals surface area contributed by atoms with Crippen LogP contribution in [0.25, 0.3) is 0 Å². The summed E-state index contributed by atoms with van der Waals surface area (Å²) >= 11 is 0. The van der Waals surface area contributed by atoms with Crippen molar-refractivity contribution in [1.29, 1.82) is 0 Å². The number of hydrogen-bond acceptors (Lipinski definition) is 4. The molecular formula is C21H27FN2O3. The summed E-state index contributed by atoms with van der Waals surface area (Å²) in [7, 11) is 0. The molecule has 2 aromatic rings. The van der Waals surface area contributed by atoms with Gasteiger partial charge in [0.25, 0.3) is 0 Å². The quantitative estimate of drug-likeness (QED) is 0.483. The van der Waals surface area contributed by atoms with Crippen molar-refractivity contribution in [3.05, 3.63) is 52.6 Å². The Hall–Kier alpha value is -2.21. The van der Waals surface area contributed by atoms with Crippen molar-refractivity contribution >= 4 is 5.97 Å². The minimum absolute atomic E-state index is 0.190. The second-order valence-corrected chi connectivity index (χ2v) is 7.02. The van der Waals surface area contributed by atoms with Crippen LogP contribution in [0.1, 0.15) is 66.8 Å². The van der Waals surface area contributed by atoms with E-state index in [0.717, 1.165) is 43.4 Å². The Bertz CT molecular complexity index is 812. The summed E-state index contributed by atoms with van der Waals surface area (Å²) < 4.78 is 26.9. The van der Waals surface area contributed by atoms with Gasteiger partial charge in [0.15, 0.2) is 5.82 Å². The van der Waals surface area contributed by atoms with Crippen molar-refractivity contribution in [3.8, 4) is 0 Å². The fourth-order valence-corrected chi connectivity index (χ4v) is 3.36. The highest BCUT2D eigenvalue weighted by molar-refractivity contribution is 5.87. The molecule has 0 spiro atoms. The second kappa shape index (κ2) is 8.21. The van der Waals surface area contributed by atoms with Gasteiger partial charge in [-0.2, -0.15) is 5.10 Å². The van der Waals surface area contributed by atoms with Gasteiger partial charge < -0.3 is 9.47 Å². The molecule has 1 fully saturated rings. The molecule has 146 valence electrons. The summed E-state index contributed by atoms with van der Waals surface area (Å²) in [4.78, 5) is 12.0. The fourth-order valence-electron chi connectivity index (χ4n) is 3.36. The van der Waals surface area contributed by atoms with E-state index in [4.69, 9.17) is 9.47 Å². The number of carbonyl (C=O) groups is 1. The molecule has 1 saturated carbocycles. The lowest BCUT2D eigenvalue weighted by molar-refractivity contribution is 0.0513. The normalized spacial score (nSPS) is 15.0. The maximum absolute atomic E-state index is 14.6. The van der Waals surface area contributed by atoms with Crippen molar-refractivity contribution in [2.45, 2.75) is 58.6 Å². The van der Waals surface area contributed by atoms with Crippen LogP contribution in [0.4, 0.5) is 4.39 Å². The number of rotatable bonds is 9. The van der Waals surface area contributed by atoms with Crippen LogP contribution in [0.5, 0.6) is 0 Å². The topological polar surface area (TPSA) is 53.4 Å². The molecule has 0 atom stereocenters. The van der Waals surface area contributed by atoms with Crippen LogP contribution in [0.2, 0.25) is 0 Å². The van der Waals surface area contributed by atoms with E-state index in [1.807, 2.05) is 18.2 Å². The summed E-state index contributed by atoms with van der Waals surface area (Å²) in [5.41, 5.74) is 1.89. The monoisotopic (exact) mass is 374 g/mol. The van der Waals surface area contributed by atoms with E-state index < -0.39 is 17.3 Å². The van der Waals surface area contributed by atoms with Crippen molar-refractivity contribution in [3.63, 3.8) is 0 Å². The predicted molar refractivity (Wildman–Crippen MR) is 100 cm³/mol. The van der Waals surface area contributed by atoms with Crippen LogP contribution >= 0.6 is 0 Å². The number of carbonyl (C=O) groups excluding carboxylic acids is 1. The lowest BCUT2D eigenvalue weighted by Crippen LogP contribution is -2.22. The average Bonchev–Trinajstić information content (AvgIpc) is 3.42. The van der Waals surface area contributed by atoms with Crippen molar-refractivity contribution in [2.75, 3.05) is 13.2 Å². The largest absolute Gasteiger partial charge is 0.461 e. The van der Waals surface area contributed by atoms with Crippen LogP contribution in [0.3, 0.4) is 0 Å². The lowest BCUT2D eigenvalue weighted by atomic mass is 10.0. The first-order valence-corrected chi connectivity index (χ1v) is 9.63. The number of nitrogens with zero attached hydrogens (tertiary/aromatic N) is 2. The third-order valence-electron chi connectivity index (χ3n) is 5.02. The first-order chi connectivity index (χ1) is 13.0. The zero-order chi connectivity index (χ0) is 19.4. The van der Waals surface area contributed by atoms with Gasteiger partial charge in [0, 0.05) is 6.61 Å². The molecule has 1 aromatic heterocycles. The molecule has 0 aliphatic heterocycles. The molecule has 1 heterocycles. The molecule has 0 amide bonds. The molecule has 27 heavy (non-hydrogen) atoms. The van der Waals surface area contributed by atoms with Crippen LogP contribution in [-0.4, -0.2) is 29.0 Å². The van der Waals surface area contributed by atoms with Crippen molar-refractivity contribution in [2.24, 2.45) is 0 Å². The molecule has 0 saturated heterocycles. The molecule has 6 heteroatoms. The molecule has 1 aliphatic rings. The van der Waals surface area contributed by atoms with E-state index >= 15 is 0 Å². The van der Waals surface area contributed by atoms with Crippen LogP contribution in [-0.2, 0) is 21.6 Å². The molecule has 5 nitrogen and oxygen atoms in total.